The second kappa shape index (κ2) is 63.9. The summed E-state index contributed by atoms with van der Waals surface area (Å²) in [4.78, 5) is 24.4. The third-order valence-corrected chi connectivity index (χ3v) is 15.7. The molecule has 0 fully saturated rings. The predicted octanol–water partition coefficient (Wildman–Crippen LogP) is 21.4. The van der Waals surface area contributed by atoms with Crippen molar-refractivity contribution in [3.05, 3.63) is 24.3 Å². The van der Waals surface area contributed by atoms with Crippen molar-refractivity contribution in [1.29, 1.82) is 0 Å². The molecule has 0 bridgehead atoms. The highest BCUT2D eigenvalue weighted by atomic mass is 16.5. The quantitative estimate of drug-likeness (QED) is 0.0320. The lowest BCUT2D eigenvalue weighted by Crippen LogP contribution is -2.45. The van der Waals surface area contributed by atoms with E-state index in [1.54, 1.807) is 6.08 Å². The first-order valence-electron chi connectivity index (χ1n) is 33.6. The number of ether oxygens (including phenoxy) is 1. The van der Waals surface area contributed by atoms with Gasteiger partial charge in [0.2, 0.25) is 5.91 Å². The van der Waals surface area contributed by atoms with Crippen LogP contribution in [0.1, 0.15) is 373 Å². The molecule has 0 aromatic carbocycles. The highest BCUT2D eigenvalue weighted by molar-refractivity contribution is 5.76. The molecule has 0 aromatic heterocycles. The van der Waals surface area contributed by atoms with E-state index in [1.807, 2.05) is 6.08 Å². The van der Waals surface area contributed by atoms with Crippen LogP contribution in [-0.2, 0) is 14.3 Å². The van der Waals surface area contributed by atoms with Crippen LogP contribution >= 0.6 is 0 Å². The number of nitrogens with one attached hydrogen (secondary N) is 1. The third-order valence-electron chi connectivity index (χ3n) is 15.7. The zero-order valence-corrected chi connectivity index (χ0v) is 50.1. The minimum atomic E-state index is -0.838. The Morgan fingerprint density at radius 1 is 0.365 bits per heavy atom. The monoisotopic (exact) mass is 1040 g/mol. The number of carbonyl (C=O) groups excluding carboxylic acids is 2. The smallest absolute Gasteiger partial charge is 0.305 e. The summed E-state index contributed by atoms with van der Waals surface area (Å²) in [5.74, 6) is -0.0508. The van der Waals surface area contributed by atoms with E-state index in [-0.39, 0.29) is 18.5 Å². The fourth-order valence-corrected chi connectivity index (χ4v) is 10.6. The van der Waals surface area contributed by atoms with Crippen molar-refractivity contribution in [2.75, 3.05) is 13.2 Å². The van der Waals surface area contributed by atoms with Crippen LogP contribution in [0.15, 0.2) is 24.3 Å². The molecular weight excluding hydrogens is 911 g/mol. The molecule has 438 valence electrons. The van der Waals surface area contributed by atoms with Crippen molar-refractivity contribution in [2.24, 2.45) is 0 Å². The van der Waals surface area contributed by atoms with Crippen LogP contribution in [0.4, 0.5) is 0 Å². The summed E-state index contributed by atoms with van der Waals surface area (Å²) >= 11 is 0. The Hall–Kier alpha value is -1.66. The van der Waals surface area contributed by atoms with E-state index in [0.717, 1.165) is 44.9 Å². The topological polar surface area (TPSA) is 95.9 Å². The Labute approximate surface area is 462 Å². The van der Waals surface area contributed by atoms with E-state index in [0.29, 0.717) is 19.4 Å². The van der Waals surface area contributed by atoms with Gasteiger partial charge in [-0.2, -0.15) is 0 Å². The van der Waals surface area contributed by atoms with Crippen molar-refractivity contribution >= 4 is 11.9 Å². The van der Waals surface area contributed by atoms with Gasteiger partial charge in [-0.05, 0) is 57.8 Å². The van der Waals surface area contributed by atoms with E-state index in [9.17, 15) is 19.8 Å². The second-order valence-electron chi connectivity index (χ2n) is 23.2. The lowest BCUT2D eigenvalue weighted by Gasteiger charge is -2.20. The first kappa shape index (κ1) is 72.3. The van der Waals surface area contributed by atoms with Crippen LogP contribution < -0.4 is 5.32 Å². The molecule has 0 radical (unpaired) electrons. The molecule has 0 saturated carbocycles. The number of amides is 1. The molecule has 0 aromatic rings. The molecule has 0 aliphatic rings. The minimum Gasteiger partial charge on any atom is -0.466 e. The summed E-state index contributed by atoms with van der Waals surface area (Å²) in [6.45, 7) is 4.88. The number of carbonyl (C=O) groups is 2. The average Bonchev–Trinajstić information content (AvgIpc) is 3.40. The van der Waals surface area contributed by atoms with Gasteiger partial charge in [0.15, 0.2) is 0 Å². The van der Waals surface area contributed by atoms with Crippen molar-refractivity contribution in [3.8, 4) is 0 Å². The lowest BCUT2D eigenvalue weighted by molar-refractivity contribution is -0.143. The molecule has 6 heteroatoms. The van der Waals surface area contributed by atoms with Crippen molar-refractivity contribution in [2.45, 2.75) is 386 Å². The summed E-state index contributed by atoms with van der Waals surface area (Å²) in [6.07, 6.45) is 79.9. The molecule has 0 saturated heterocycles. The molecule has 0 spiro atoms. The molecule has 0 aliphatic heterocycles. The number of unbranched alkanes of at least 4 members (excludes halogenated alkanes) is 50. The Balaban J connectivity index is 3.29. The first-order chi connectivity index (χ1) is 36.5. The number of rotatable bonds is 63. The predicted molar refractivity (Wildman–Crippen MR) is 324 cm³/mol. The highest BCUT2D eigenvalue weighted by Gasteiger charge is 2.18. The fourth-order valence-electron chi connectivity index (χ4n) is 10.6. The maximum atomic E-state index is 12.4. The van der Waals surface area contributed by atoms with Gasteiger partial charge < -0.3 is 20.3 Å². The fraction of sp³-hybridized carbons (Fsp3) is 0.912. The van der Waals surface area contributed by atoms with Gasteiger partial charge in [0.1, 0.15) is 0 Å². The van der Waals surface area contributed by atoms with E-state index >= 15 is 0 Å². The molecule has 0 aliphatic carbocycles. The van der Waals surface area contributed by atoms with Crippen molar-refractivity contribution in [3.63, 3.8) is 0 Å². The molecule has 0 heterocycles. The van der Waals surface area contributed by atoms with Gasteiger partial charge in [0.05, 0.1) is 25.4 Å². The lowest BCUT2D eigenvalue weighted by atomic mass is 10.0. The number of hydrogen-bond acceptors (Lipinski definition) is 5. The van der Waals surface area contributed by atoms with Crippen LogP contribution in [0.3, 0.4) is 0 Å². The molecule has 2 atom stereocenters. The molecule has 74 heavy (non-hydrogen) atoms. The van der Waals surface area contributed by atoms with Gasteiger partial charge in [0, 0.05) is 12.8 Å². The van der Waals surface area contributed by atoms with Crippen LogP contribution in [-0.4, -0.2) is 47.4 Å². The number of aliphatic hydroxyl groups is 2. The molecular formula is C68H131NO5. The van der Waals surface area contributed by atoms with Gasteiger partial charge >= 0.3 is 5.97 Å². The highest BCUT2D eigenvalue weighted by Crippen LogP contribution is 2.19. The largest absolute Gasteiger partial charge is 0.466 e. The maximum Gasteiger partial charge on any atom is 0.305 e. The Morgan fingerprint density at radius 3 is 0.986 bits per heavy atom. The number of esters is 1. The summed E-state index contributed by atoms with van der Waals surface area (Å²) < 4.78 is 5.48. The SMILES string of the molecule is CCCCC/C=C\CCCCCCCC(=O)OCCCCCCCCCCCCCCCCCCCCCCCCCCCCCCCCCCCCCC(=O)NC(CO)C(O)/C=C/CCCCCCCCCC. The summed E-state index contributed by atoms with van der Waals surface area (Å²) in [7, 11) is 0. The third kappa shape index (κ3) is 59.6. The van der Waals surface area contributed by atoms with Crippen molar-refractivity contribution in [1.82, 2.24) is 5.32 Å². The zero-order chi connectivity index (χ0) is 53.6. The van der Waals surface area contributed by atoms with E-state index in [2.05, 4.69) is 31.3 Å². The summed E-state index contributed by atoms with van der Waals surface area (Å²) in [6, 6.07) is -0.621. The first-order valence-corrected chi connectivity index (χ1v) is 33.6. The van der Waals surface area contributed by atoms with Gasteiger partial charge in [-0.25, -0.2) is 0 Å². The number of hydrogen-bond donors (Lipinski definition) is 3. The molecule has 3 N–H and O–H groups in total. The number of aliphatic hydroxyl groups excluding tert-OH is 2. The van der Waals surface area contributed by atoms with Gasteiger partial charge in [-0.3, -0.25) is 9.59 Å². The maximum absolute atomic E-state index is 12.4. The van der Waals surface area contributed by atoms with E-state index in [4.69, 9.17) is 4.74 Å². The Morgan fingerprint density at radius 2 is 0.635 bits per heavy atom. The molecule has 1 amide bonds. The minimum absolute atomic E-state index is 0.0124. The van der Waals surface area contributed by atoms with Crippen LogP contribution in [0, 0.1) is 0 Å². The zero-order valence-electron chi connectivity index (χ0n) is 50.1. The van der Waals surface area contributed by atoms with Crippen LogP contribution in [0.2, 0.25) is 0 Å². The van der Waals surface area contributed by atoms with E-state index < -0.39 is 12.1 Å². The average molecular weight is 1040 g/mol. The molecule has 6 nitrogen and oxygen atoms in total. The second-order valence-corrected chi connectivity index (χ2v) is 23.2. The van der Waals surface area contributed by atoms with Gasteiger partial charge in [-0.15, -0.1) is 0 Å². The standard InChI is InChI=1S/C68H131NO5/c1-3-5-7-9-11-13-15-42-46-50-54-58-62-68(73)74-63-59-55-51-47-43-40-38-36-34-32-30-28-26-24-22-20-18-16-17-19-21-23-25-27-29-31-33-35-37-39-41-45-49-53-57-61-67(72)69-65(64-70)66(71)60-56-52-48-44-14-12-10-8-6-4-2/h11,13,56,60,65-66,70-71H,3-10,12,14-55,57-59,61-64H2,1-2H3,(H,69,72)/b13-11-,60-56+. The van der Waals surface area contributed by atoms with Gasteiger partial charge in [0.25, 0.3) is 0 Å². The molecule has 2 unspecified atom stereocenters. The normalized spacial score (nSPS) is 12.6. The van der Waals surface area contributed by atoms with Crippen LogP contribution in [0.5, 0.6) is 0 Å². The van der Waals surface area contributed by atoms with Gasteiger partial charge in [-0.1, -0.05) is 327 Å². The van der Waals surface area contributed by atoms with Crippen molar-refractivity contribution < 1.29 is 24.5 Å². The van der Waals surface area contributed by atoms with E-state index in [1.165, 1.54) is 302 Å². The number of allylic oxidation sites excluding steroid dienone is 3. The summed E-state index contributed by atoms with van der Waals surface area (Å²) in [5.41, 5.74) is 0. The summed E-state index contributed by atoms with van der Waals surface area (Å²) in [5, 5.41) is 23.0. The van der Waals surface area contributed by atoms with Crippen LogP contribution in [0.25, 0.3) is 0 Å². The Bertz CT molecular complexity index is 1150. The molecule has 0 rings (SSSR count). The Kier molecular flexibility index (Phi) is 62.4.